The first-order valence-corrected chi connectivity index (χ1v) is 10.0. The average Bonchev–Trinajstić information content (AvgIpc) is 2.94. The highest BCUT2D eigenvalue weighted by Crippen LogP contribution is 2.30. The van der Waals surface area contributed by atoms with Gasteiger partial charge in [-0.25, -0.2) is 13.6 Å². The van der Waals surface area contributed by atoms with Crippen molar-refractivity contribution in [2.24, 2.45) is 5.14 Å². The minimum absolute atomic E-state index is 0.0336. The minimum atomic E-state index is -3.72. The topological polar surface area (TPSA) is 111 Å². The lowest BCUT2D eigenvalue weighted by Crippen LogP contribution is -2.30. The summed E-state index contributed by atoms with van der Waals surface area (Å²) in [5, 5.41) is 11.0. The van der Waals surface area contributed by atoms with Gasteiger partial charge >= 0.3 is 0 Å². The van der Waals surface area contributed by atoms with Crippen molar-refractivity contribution in [3.05, 3.63) is 59.0 Å². The van der Waals surface area contributed by atoms with E-state index in [9.17, 15) is 13.2 Å². The Kier molecular flexibility index (Phi) is 5.21. The van der Waals surface area contributed by atoms with E-state index in [1.165, 1.54) is 23.9 Å². The minimum Gasteiger partial charge on any atom is -0.497 e. The van der Waals surface area contributed by atoms with Crippen LogP contribution in [0.2, 0.25) is 0 Å². The number of nitrogens with one attached hydrogen (secondary N) is 2. The number of anilines is 1. The summed E-state index contributed by atoms with van der Waals surface area (Å²) in [7, 11) is -2.13. The molecule has 2 aromatic carbocycles. The van der Waals surface area contributed by atoms with E-state index in [1.807, 2.05) is 24.3 Å². The highest BCUT2D eigenvalue weighted by molar-refractivity contribution is 8.05. The van der Waals surface area contributed by atoms with Crippen LogP contribution in [0.15, 0.2) is 58.3 Å². The predicted octanol–water partition coefficient (Wildman–Crippen LogP) is 1.94. The summed E-state index contributed by atoms with van der Waals surface area (Å²) in [6.07, 6.45) is 1.80. The van der Waals surface area contributed by atoms with Crippen molar-refractivity contribution in [3.8, 4) is 5.75 Å². The Hall–Kier alpha value is -2.49. The van der Waals surface area contributed by atoms with Gasteiger partial charge in [0.2, 0.25) is 10.0 Å². The number of amides is 1. The van der Waals surface area contributed by atoms with Crippen molar-refractivity contribution in [3.63, 3.8) is 0 Å². The molecule has 0 saturated carbocycles. The number of primary sulfonamides is 1. The van der Waals surface area contributed by atoms with Crippen LogP contribution in [0.1, 0.15) is 5.56 Å². The lowest BCUT2D eigenvalue weighted by molar-refractivity contribution is -0.116. The number of methoxy groups -OCH3 is 1. The SMILES string of the molecule is COc1ccc(/C=C2/S[C@H](Nc3ccc(S(N)(=O)=O)cc3)NC2=O)cc1. The molecule has 0 unspecified atom stereocenters. The van der Waals surface area contributed by atoms with Gasteiger partial charge in [-0.1, -0.05) is 23.9 Å². The van der Waals surface area contributed by atoms with Crippen LogP contribution in [0.5, 0.6) is 5.75 Å². The molecular formula is C17H17N3O4S2. The predicted molar refractivity (Wildman–Crippen MR) is 102 cm³/mol. The zero-order valence-corrected chi connectivity index (χ0v) is 15.4. The molecule has 1 fully saturated rings. The van der Waals surface area contributed by atoms with Gasteiger partial charge in [-0.15, -0.1) is 0 Å². The van der Waals surface area contributed by atoms with E-state index < -0.39 is 10.0 Å². The molecule has 0 spiro atoms. The normalized spacial score (nSPS) is 18.6. The number of nitrogens with two attached hydrogens (primary N) is 1. The molecule has 9 heteroatoms. The lowest BCUT2D eigenvalue weighted by atomic mass is 10.2. The fraction of sp³-hybridized carbons (Fsp3) is 0.118. The van der Waals surface area contributed by atoms with Crippen molar-refractivity contribution in [1.82, 2.24) is 5.32 Å². The molecule has 0 bridgehead atoms. The van der Waals surface area contributed by atoms with Gasteiger partial charge in [0.15, 0.2) is 5.50 Å². The van der Waals surface area contributed by atoms with Crippen molar-refractivity contribution >= 4 is 39.5 Å². The van der Waals surface area contributed by atoms with Crippen LogP contribution in [0.4, 0.5) is 5.69 Å². The number of hydrogen-bond acceptors (Lipinski definition) is 6. The monoisotopic (exact) mass is 391 g/mol. The second kappa shape index (κ2) is 7.40. The fourth-order valence-corrected chi connectivity index (χ4v) is 3.81. The maximum absolute atomic E-state index is 12.1. The molecule has 7 nitrogen and oxygen atoms in total. The number of carbonyl (C=O) groups excluding carboxylic acids is 1. The molecule has 1 aliphatic heterocycles. The second-order valence-corrected chi connectivity index (χ2v) is 8.18. The molecular weight excluding hydrogens is 374 g/mol. The summed E-state index contributed by atoms with van der Waals surface area (Å²) >= 11 is 1.34. The van der Waals surface area contributed by atoms with Crippen molar-refractivity contribution in [2.75, 3.05) is 12.4 Å². The highest BCUT2D eigenvalue weighted by Gasteiger charge is 2.27. The zero-order valence-electron chi connectivity index (χ0n) is 13.8. The zero-order chi connectivity index (χ0) is 18.7. The van der Waals surface area contributed by atoms with E-state index >= 15 is 0 Å². The molecule has 4 N–H and O–H groups in total. The molecule has 1 aliphatic rings. The summed E-state index contributed by atoms with van der Waals surface area (Å²) in [4.78, 5) is 12.7. The van der Waals surface area contributed by atoms with Gasteiger partial charge in [-0.2, -0.15) is 0 Å². The molecule has 1 heterocycles. The van der Waals surface area contributed by atoms with Crippen LogP contribution in [-0.4, -0.2) is 26.9 Å². The Morgan fingerprint density at radius 2 is 1.81 bits per heavy atom. The van der Waals surface area contributed by atoms with Crippen LogP contribution < -0.4 is 20.5 Å². The van der Waals surface area contributed by atoms with Gasteiger partial charge in [0, 0.05) is 5.69 Å². The van der Waals surface area contributed by atoms with Crippen LogP contribution >= 0.6 is 11.8 Å². The maximum atomic E-state index is 12.1. The third kappa shape index (κ3) is 4.37. The summed E-state index contributed by atoms with van der Waals surface area (Å²) in [6.45, 7) is 0. The van der Waals surface area contributed by atoms with Crippen molar-refractivity contribution in [2.45, 2.75) is 10.4 Å². The fourth-order valence-electron chi connectivity index (χ4n) is 2.31. The first kappa shape index (κ1) is 18.3. The molecule has 3 rings (SSSR count). The second-order valence-electron chi connectivity index (χ2n) is 5.47. The Bertz CT molecular complexity index is 939. The molecule has 1 atom stereocenters. The lowest BCUT2D eigenvalue weighted by Gasteiger charge is -2.12. The van der Waals surface area contributed by atoms with E-state index in [4.69, 9.17) is 9.88 Å². The first-order valence-electron chi connectivity index (χ1n) is 7.58. The first-order chi connectivity index (χ1) is 12.3. The number of hydrogen-bond donors (Lipinski definition) is 3. The van der Waals surface area contributed by atoms with E-state index in [1.54, 1.807) is 25.3 Å². The Morgan fingerprint density at radius 3 is 2.38 bits per heavy atom. The average molecular weight is 391 g/mol. The number of thioether (sulfide) groups is 1. The standard InChI is InChI=1S/C17H17N3O4S2/c1-24-13-6-2-11(3-7-13)10-15-16(21)20-17(25-15)19-12-4-8-14(9-5-12)26(18,22)23/h2-10,17,19H,1H3,(H,20,21)(H2,18,22,23)/b15-10+/t17-/m1/s1. The maximum Gasteiger partial charge on any atom is 0.260 e. The molecule has 1 saturated heterocycles. The quantitative estimate of drug-likeness (QED) is 0.672. The Balaban J connectivity index is 1.68. The molecule has 1 amide bonds. The number of rotatable bonds is 5. The Labute approximate surface area is 155 Å². The van der Waals surface area contributed by atoms with Crippen LogP contribution in [0.25, 0.3) is 6.08 Å². The van der Waals surface area contributed by atoms with Crippen LogP contribution in [0.3, 0.4) is 0 Å². The number of carbonyl (C=O) groups is 1. The van der Waals surface area contributed by atoms with Gasteiger partial charge in [-0.3, -0.25) is 4.79 Å². The van der Waals surface area contributed by atoms with Crippen molar-refractivity contribution < 1.29 is 17.9 Å². The number of sulfonamides is 1. The third-order valence-electron chi connectivity index (χ3n) is 3.62. The highest BCUT2D eigenvalue weighted by atomic mass is 32.2. The van der Waals surface area contributed by atoms with E-state index in [2.05, 4.69) is 10.6 Å². The molecule has 2 aromatic rings. The molecule has 136 valence electrons. The van der Waals surface area contributed by atoms with Crippen LogP contribution in [-0.2, 0) is 14.8 Å². The van der Waals surface area contributed by atoms with E-state index in [0.29, 0.717) is 10.6 Å². The van der Waals surface area contributed by atoms with Gasteiger partial charge in [0.25, 0.3) is 5.91 Å². The van der Waals surface area contributed by atoms with E-state index in [-0.39, 0.29) is 16.3 Å². The molecule has 0 aromatic heterocycles. The number of ether oxygens (including phenoxy) is 1. The molecule has 26 heavy (non-hydrogen) atoms. The van der Waals surface area contributed by atoms with Gasteiger partial charge < -0.3 is 15.4 Å². The summed E-state index contributed by atoms with van der Waals surface area (Å²) in [5.74, 6) is 0.572. The molecule has 0 aliphatic carbocycles. The van der Waals surface area contributed by atoms with Gasteiger partial charge in [-0.05, 0) is 48.0 Å². The third-order valence-corrected chi connectivity index (χ3v) is 5.58. The van der Waals surface area contributed by atoms with E-state index in [0.717, 1.165) is 11.3 Å². The van der Waals surface area contributed by atoms with Crippen molar-refractivity contribution in [1.29, 1.82) is 0 Å². The smallest absolute Gasteiger partial charge is 0.260 e. The Morgan fingerprint density at radius 1 is 1.15 bits per heavy atom. The summed E-state index contributed by atoms with van der Waals surface area (Å²) in [5.41, 5.74) is 1.20. The number of benzene rings is 2. The summed E-state index contributed by atoms with van der Waals surface area (Å²) < 4.78 is 27.7. The van der Waals surface area contributed by atoms with Crippen LogP contribution in [0, 0.1) is 0 Å². The molecule has 0 radical (unpaired) electrons. The van der Waals surface area contributed by atoms with Gasteiger partial charge in [0.05, 0.1) is 16.9 Å². The largest absolute Gasteiger partial charge is 0.497 e. The summed E-state index contributed by atoms with van der Waals surface area (Å²) in [6, 6.07) is 13.4. The van der Waals surface area contributed by atoms with Gasteiger partial charge in [0.1, 0.15) is 5.75 Å².